The maximum atomic E-state index is 12.0. The van der Waals surface area contributed by atoms with Gasteiger partial charge in [0.2, 0.25) is 0 Å². The average Bonchev–Trinajstić information content (AvgIpc) is 2.38. The van der Waals surface area contributed by atoms with Gasteiger partial charge in [-0.15, -0.1) is 0 Å². The molecule has 0 aliphatic heterocycles. The number of rotatable bonds is 5. The lowest BCUT2D eigenvalue weighted by Crippen LogP contribution is -2.32. The summed E-state index contributed by atoms with van der Waals surface area (Å²) < 4.78 is 0. The van der Waals surface area contributed by atoms with E-state index in [4.69, 9.17) is 10.5 Å². The van der Waals surface area contributed by atoms with Crippen molar-refractivity contribution in [1.29, 1.82) is 10.5 Å². The zero-order valence-corrected chi connectivity index (χ0v) is 10.1. The maximum Gasteiger partial charge on any atom is 0.274 e. The first kappa shape index (κ1) is 13.5. The quantitative estimate of drug-likeness (QED) is 0.779. The van der Waals surface area contributed by atoms with E-state index < -0.39 is 5.91 Å². The van der Waals surface area contributed by atoms with Crippen LogP contribution < -0.4 is 5.32 Å². The molecule has 0 aromatic carbocycles. The third-order valence-electron chi connectivity index (χ3n) is 2.14. The van der Waals surface area contributed by atoms with Gasteiger partial charge in [0.1, 0.15) is 24.6 Å². The molecule has 92 valence electrons. The number of anilines is 1. The summed E-state index contributed by atoms with van der Waals surface area (Å²) in [5.41, 5.74) is 0.221. The van der Waals surface area contributed by atoms with Crippen LogP contribution in [-0.4, -0.2) is 35.4 Å². The summed E-state index contributed by atoms with van der Waals surface area (Å²) in [5, 5.41) is 20.2. The topological polar surface area (TPSA) is 92.8 Å². The minimum absolute atomic E-state index is 0.125. The summed E-state index contributed by atoms with van der Waals surface area (Å²) in [6, 6.07) is 8.72. The van der Waals surface area contributed by atoms with E-state index >= 15 is 0 Å². The average molecular weight is 243 g/mol. The molecule has 0 spiro atoms. The lowest BCUT2D eigenvalue weighted by Gasteiger charge is -2.15. The molecule has 0 aliphatic rings. The summed E-state index contributed by atoms with van der Waals surface area (Å²) in [6.07, 6.45) is 0. The van der Waals surface area contributed by atoms with E-state index in [1.54, 1.807) is 18.2 Å². The molecule has 0 saturated heterocycles. The third-order valence-corrected chi connectivity index (χ3v) is 2.14. The molecule has 1 rings (SSSR count). The molecular weight excluding hydrogens is 230 g/mol. The zero-order chi connectivity index (χ0) is 13.4. The Morgan fingerprint density at radius 3 is 2.61 bits per heavy atom. The van der Waals surface area contributed by atoms with Gasteiger partial charge in [0, 0.05) is 6.54 Å². The largest absolute Gasteiger partial charge is 0.370 e. The third kappa shape index (κ3) is 3.46. The van der Waals surface area contributed by atoms with Crippen LogP contribution in [0.3, 0.4) is 0 Å². The van der Waals surface area contributed by atoms with Gasteiger partial charge in [-0.25, -0.2) is 4.98 Å². The Kier molecular flexibility index (Phi) is 5.14. The second-order valence-electron chi connectivity index (χ2n) is 3.42. The fourth-order valence-electron chi connectivity index (χ4n) is 1.37. The highest BCUT2D eigenvalue weighted by molar-refractivity contribution is 5.93. The Labute approximate surface area is 105 Å². The van der Waals surface area contributed by atoms with Crippen molar-refractivity contribution in [3.05, 3.63) is 23.9 Å². The molecule has 1 aromatic heterocycles. The first-order valence-corrected chi connectivity index (χ1v) is 5.47. The first-order chi connectivity index (χ1) is 8.72. The van der Waals surface area contributed by atoms with Crippen LogP contribution in [0.5, 0.6) is 0 Å². The molecule has 0 saturated carbocycles. The standard InChI is InChI=1S/C12H13N5O/c1-2-15-11-5-3-4-10(16-11)12(18)17(8-6-13)9-7-14/h3-5H,2,8-9H2,1H3,(H,15,16). The molecular formula is C12H13N5O. The second-order valence-corrected chi connectivity index (χ2v) is 3.42. The molecule has 0 bridgehead atoms. The van der Waals surface area contributed by atoms with E-state index in [2.05, 4.69) is 10.3 Å². The minimum atomic E-state index is -0.419. The van der Waals surface area contributed by atoms with Gasteiger partial charge in [0.05, 0.1) is 12.1 Å². The van der Waals surface area contributed by atoms with Crippen LogP contribution in [0.4, 0.5) is 5.82 Å². The summed E-state index contributed by atoms with van der Waals surface area (Å²) >= 11 is 0. The van der Waals surface area contributed by atoms with Gasteiger partial charge in [-0.3, -0.25) is 4.79 Å². The van der Waals surface area contributed by atoms with E-state index in [0.29, 0.717) is 12.4 Å². The molecule has 0 radical (unpaired) electrons. The van der Waals surface area contributed by atoms with Crippen LogP contribution in [0.1, 0.15) is 17.4 Å². The van der Waals surface area contributed by atoms with Gasteiger partial charge in [-0.2, -0.15) is 10.5 Å². The lowest BCUT2D eigenvalue weighted by atomic mass is 10.3. The Balaban J connectivity index is 2.91. The highest BCUT2D eigenvalue weighted by Gasteiger charge is 2.16. The predicted molar refractivity (Wildman–Crippen MR) is 65.5 cm³/mol. The molecule has 0 fully saturated rings. The number of hydrogen-bond donors (Lipinski definition) is 1. The van der Waals surface area contributed by atoms with Crippen LogP contribution in [0.2, 0.25) is 0 Å². The molecule has 0 unspecified atom stereocenters. The Morgan fingerprint density at radius 1 is 1.39 bits per heavy atom. The highest BCUT2D eigenvalue weighted by Crippen LogP contribution is 2.07. The van der Waals surface area contributed by atoms with E-state index in [1.165, 1.54) is 0 Å². The molecule has 1 aromatic rings. The Hall–Kier alpha value is -2.60. The molecule has 6 heteroatoms. The number of amides is 1. The van der Waals surface area contributed by atoms with Crippen LogP contribution in [0.25, 0.3) is 0 Å². The summed E-state index contributed by atoms with van der Waals surface area (Å²) in [6.45, 7) is 2.37. The number of nitrogens with zero attached hydrogens (tertiary/aromatic N) is 4. The Morgan fingerprint density at radius 2 is 2.06 bits per heavy atom. The van der Waals surface area contributed by atoms with E-state index in [9.17, 15) is 4.79 Å². The normalized spacial score (nSPS) is 9.06. The van der Waals surface area contributed by atoms with Crippen molar-refractivity contribution in [3.8, 4) is 12.1 Å². The van der Waals surface area contributed by atoms with Crippen LogP contribution in [0, 0.1) is 22.7 Å². The van der Waals surface area contributed by atoms with E-state index in [-0.39, 0.29) is 18.8 Å². The smallest absolute Gasteiger partial charge is 0.274 e. The van der Waals surface area contributed by atoms with E-state index in [0.717, 1.165) is 4.90 Å². The van der Waals surface area contributed by atoms with Gasteiger partial charge < -0.3 is 10.2 Å². The molecule has 0 atom stereocenters. The monoisotopic (exact) mass is 243 g/mol. The minimum Gasteiger partial charge on any atom is -0.370 e. The number of nitrogens with one attached hydrogen (secondary N) is 1. The van der Waals surface area contributed by atoms with Crippen molar-refractivity contribution in [2.24, 2.45) is 0 Å². The lowest BCUT2D eigenvalue weighted by molar-refractivity contribution is 0.0789. The number of nitriles is 2. The maximum absolute atomic E-state index is 12.0. The van der Waals surface area contributed by atoms with Gasteiger partial charge in [0.15, 0.2) is 0 Å². The zero-order valence-electron chi connectivity index (χ0n) is 10.1. The van der Waals surface area contributed by atoms with Gasteiger partial charge in [0.25, 0.3) is 5.91 Å². The summed E-state index contributed by atoms with van der Waals surface area (Å²) in [7, 11) is 0. The number of pyridine rings is 1. The highest BCUT2D eigenvalue weighted by atomic mass is 16.2. The van der Waals surface area contributed by atoms with Crippen LogP contribution in [0.15, 0.2) is 18.2 Å². The van der Waals surface area contributed by atoms with E-state index in [1.807, 2.05) is 19.1 Å². The fraction of sp³-hybridized carbons (Fsp3) is 0.333. The SMILES string of the molecule is CCNc1cccc(C(=O)N(CC#N)CC#N)n1. The molecule has 1 N–H and O–H groups in total. The van der Waals surface area contributed by atoms with Crippen LogP contribution in [-0.2, 0) is 0 Å². The number of aromatic nitrogens is 1. The van der Waals surface area contributed by atoms with Gasteiger partial charge in [-0.1, -0.05) is 6.07 Å². The number of hydrogen-bond acceptors (Lipinski definition) is 5. The Bertz CT molecular complexity index is 484. The molecule has 18 heavy (non-hydrogen) atoms. The second kappa shape index (κ2) is 6.87. The number of carbonyl (C=O) groups excluding carboxylic acids is 1. The molecule has 1 amide bonds. The van der Waals surface area contributed by atoms with Gasteiger partial charge >= 0.3 is 0 Å². The molecule has 6 nitrogen and oxygen atoms in total. The van der Waals surface area contributed by atoms with Crippen molar-refractivity contribution in [1.82, 2.24) is 9.88 Å². The number of carbonyl (C=O) groups is 1. The van der Waals surface area contributed by atoms with Crippen molar-refractivity contribution in [2.75, 3.05) is 25.0 Å². The summed E-state index contributed by atoms with van der Waals surface area (Å²) in [4.78, 5) is 17.3. The summed E-state index contributed by atoms with van der Waals surface area (Å²) in [5.74, 6) is 0.176. The fourth-order valence-corrected chi connectivity index (χ4v) is 1.37. The predicted octanol–water partition coefficient (Wildman–Crippen LogP) is 1.00. The van der Waals surface area contributed by atoms with Crippen LogP contribution >= 0.6 is 0 Å². The van der Waals surface area contributed by atoms with Crippen molar-refractivity contribution < 1.29 is 4.79 Å². The van der Waals surface area contributed by atoms with Crippen molar-refractivity contribution in [2.45, 2.75) is 6.92 Å². The first-order valence-electron chi connectivity index (χ1n) is 5.47. The molecule has 0 aliphatic carbocycles. The van der Waals surface area contributed by atoms with Crippen molar-refractivity contribution in [3.63, 3.8) is 0 Å². The van der Waals surface area contributed by atoms with Crippen molar-refractivity contribution >= 4 is 11.7 Å². The molecule has 1 heterocycles. The van der Waals surface area contributed by atoms with Gasteiger partial charge in [-0.05, 0) is 19.1 Å².